The van der Waals surface area contributed by atoms with Crippen LogP contribution in [0.3, 0.4) is 0 Å². The predicted molar refractivity (Wildman–Crippen MR) is 74.8 cm³/mol. The number of nitrogens with one attached hydrogen (secondary N) is 1. The molecule has 0 atom stereocenters. The summed E-state index contributed by atoms with van der Waals surface area (Å²) in [5.41, 5.74) is -5.24. The van der Waals surface area contributed by atoms with Gasteiger partial charge in [-0.25, -0.2) is 13.4 Å². The highest BCUT2D eigenvalue weighted by atomic mass is 35.5. The van der Waals surface area contributed by atoms with E-state index < -0.39 is 15.5 Å². The van der Waals surface area contributed by atoms with Gasteiger partial charge in [-0.05, 0) is 18.8 Å². The van der Waals surface area contributed by atoms with Gasteiger partial charge in [0, 0.05) is 19.6 Å². The monoisotopic (exact) mass is 358 g/mol. The van der Waals surface area contributed by atoms with Gasteiger partial charge < -0.3 is 5.32 Å². The molecule has 0 amide bonds. The number of anilines is 1. The fourth-order valence-electron chi connectivity index (χ4n) is 2.18. The molecule has 0 radical (unpaired) electrons. The van der Waals surface area contributed by atoms with E-state index in [-0.39, 0.29) is 24.2 Å². The predicted octanol–water partition coefficient (Wildman–Crippen LogP) is 2.10. The first-order valence-corrected chi connectivity index (χ1v) is 8.30. The van der Waals surface area contributed by atoms with Gasteiger partial charge in [0.2, 0.25) is 0 Å². The number of alkyl halides is 3. The van der Waals surface area contributed by atoms with Crippen molar-refractivity contribution in [1.29, 1.82) is 0 Å². The van der Waals surface area contributed by atoms with Crippen LogP contribution in [-0.2, 0) is 10.0 Å². The van der Waals surface area contributed by atoms with Crippen LogP contribution in [0.2, 0.25) is 5.15 Å². The second-order valence-electron chi connectivity index (χ2n) is 4.90. The number of rotatable bonds is 4. The molecule has 0 bridgehead atoms. The summed E-state index contributed by atoms with van der Waals surface area (Å²) in [5.74, 6) is 0.526. The van der Waals surface area contributed by atoms with Gasteiger partial charge in [-0.2, -0.15) is 17.5 Å². The number of aromatic nitrogens is 2. The summed E-state index contributed by atoms with van der Waals surface area (Å²) in [6.07, 6.45) is 3.55. The van der Waals surface area contributed by atoms with Crippen molar-refractivity contribution < 1.29 is 21.6 Å². The molecule has 1 N–H and O–H groups in total. The van der Waals surface area contributed by atoms with Crippen LogP contribution in [0.4, 0.5) is 19.0 Å². The molecule has 1 saturated heterocycles. The third-order valence-corrected chi connectivity index (χ3v) is 5.19. The molecule has 6 nitrogen and oxygen atoms in total. The van der Waals surface area contributed by atoms with E-state index in [1.165, 1.54) is 12.4 Å². The Morgan fingerprint density at radius 2 is 1.95 bits per heavy atom. The molecule has 0 unspecified atom stereocenters. The standard InChI is InChI=1S/C11H14ClF3N4O2S/c12-9-6-16-7-10(18-9)17-5-8-1-3-19(4-2-8)22(20,21)11(13,14)15/h6-8H,1-5H2,(H,17,18). The fraction of sp³-hybridized carbons (Fsp3) is 0.636. The zero-order valence-corrected chi connectivity index (χ0v) is 12.9. The Morgan fingerprint density at radius 3 is 2.50 bits per heavy atom. The number of hydrogen-bond acceptors (Lipinski definition) is 5. The van der Waals surface area contributed by atoms with Crippen LogP contribution in [0, 0.1) is 5.92 Å². The molecular formula is C11H14ClF3N4O2S. The number of halogens is 4. The molecule has 22 heavy (non-hydrogen) atoms. The Kier molecular flexibility index (Phi) is 5.13. The maximum absolute atomic E-state index is 12.5. The fourth-order valence-corrected chi connectivity index (χ4v) is 3.31. The number of sulfonamides is 1. The first kappa shape index (κ1) is 17.2. The van der Waals surface area contributed by atoms with Crippen molar-refractivity contribution in [3.05, 3.63) is 17.5 Å². The zero-order valence-electron chi connectivity index (χ0n) is 11.3. The van der Waals surface area contributed by atoms with E-state index in [4.69, 9.17) is 11.6 Å². The molecule has 2 rings (SSSR count). The average molecular weight is 359 g/mol. The quantitative estimate of drug-likeness (QED) is 0.892. The molecule has 2 heterocycles. The smallest absolute Gasteiger partial charge is 0.368 e. The second-order valence-corrected chi connectivity index (χ2v) is 7.22. The van der Waals surface area contributed by atoms with Crippen LogP contribution in [-0.4, -0.2) is 47.8 Å². The van der Waals surface area contributed by atoms with Gasteiger partial charge in [-0.3, -0.25) is 4.98 Å². The molecular weight excluding hydrogens is 345 g/mol. The Labute approximate surface area is 130 Å². The van der Waals surface area contributed by atoms with E-state index in [0.717, 1.165) is 0 Å². The van der Waals surface area contributed by atoms with Crippen molar-refractivity contribution >= 4 is 27.4 Å². The van der Waals surface area contributed by atoms with Crippen LogP contribution in [0.25, 0.3) is 0 Å². The lowest BCUT2D eigenvalue weighted by Gasteiger charge is -2.31. The van der Waals surface area contributed by atoms with Crippen LogP contribution in [0.5, 0.6) is 0 Å². The maximum atomic E-state index is 12.5. The molecule has 0 spiro atoms. The highest BCUT2D eigenvalue weighted by Crippen LogP contribution is 2.30. The van der Waals surface area contributed by atoms with Crippen molar-refractivity contribution in [2.75, 3.05) is 25.0 Å². The van der Waals surface area contributed by atoms with Crippen LogP contribution in [0.1, 0.15) is 12.8 Å². The Bertz CT molecular complexity index is 618. The van der Waals surface area contributed by atoms with Crippen LogP contribution < -0.4 is 5.32 Å². The van der Waals surface area contributed by atoms with Crippen molar-refractivity contribution in [3.63, 3.8) is 0 Å². The average Bonchev–Trinajstić information content (AvgIpc) is 2.44. The molecule has 0 aromatic carbocycles. The Hall–Kier alpha value is -1.13. The second kappa shape index (κ2) is 6.55. The molecule has 1 aliphatic rings. The highest BCUT2D eigenvalue weighted by molar-refractivity contribution is 7.90. The number of nitrogens with zero attached hydrogens (tertiary/aromatic N) is 3. The van der Waals surface area contributed by atoms with Gasteiger partial charge in [0.1, 0.15) is 11.0 Å². The van der Waals surface area contributed by atoms with Gasteiger partial charge >= 0.3 is 15.5 Å². The SMILES string of the molecule is O=S(=O)(N1CCC(CNc2cncc(Cl)n2)CC1)C(F)(F)F. The van der Waals surface area contributed by atoms with Gasteiger partial charge in [-0.1, -0.05) is 11.6 Å². The molecule has 0 saturated carbocycles. The van der Waals surface area contributed by atoms with E-state index in [9.17, 15) is 21.6 Å². The number of piperidine rings is 1. The summed E-state index contributed by atoms with van der Waals surface area (Å²) in [6.45, 7) is 0.180. The van der Waals surface area contributed by atoms with Crippen LogP contribution in [0.15, 0.2) is 12.4 Å². The number of hydrogen-bond donors (Lipinski definition) is 1. The summed E-state index contributed by atoms with van der Waals surface area (Å²) < 4.78 is 60.4. The van der Waals surface area contributed by atoms with E-state index in [1.807, 2.05) is 0 Å². The lowest BCUT2D eigenvalue weighted by atomic mass is 9.98. The van der Waals surface area contributed by atoms with Crippen molar-refractivity contribution in [2.24, 2.45) is 5.92 Å². The van der Waals surface area contributed by atoms with Crippen molar-refractivity contribution in [1.82, 2.24) is 14.3 Å². The third-order valence-electron chi connectivity index (χ3n) is 3.38. The Morgan fingerprint density at radius 1 is 1.32 bits per heavy atom. The van der Waals surface area contributed by atoms with Crippen molar-refractivity contribution in [3.8, 4) is 0 Å². The molecule has 1 aliphatic heterocycles. The topological polar surface area (TPSA) is 75.2 Å². The van der Waals surface area contributed by atoms with Gasteiger partial charge in [0.15, 0.2) is 0 Å². The highest BCUT2D eigenvalue weighted by Gasteiger charge is 2.50. The molecule has 0 aliphatic carbocycles. The van der Waals surface area contributed by atoms with E-state index >= 15 is 0 Å². The third kappa shape index (κ3) is 3.99. The lowest BCUT2D eigenvalue weighted by molar-refractivity contribution is -0.0496. The van der Waals surface area contributed by atoms with Gasteiger partial charge in [-0.15, -0.1) is 0 Å². The summed E-state index contributed by atoms with van der Waals surface area (Å²) in [4.78, 5) is 7.83. The summed E-state index contributed by atoms with van der Waals surface area (Å²) in [5, 5.41) is 3.22. The van der Waals surface area contributed by atoms with E-state index in [2.05, 4.69) is 15.3 Å². The Balaban J connectivity index is 1.85. The van der Waals surface area contributed by atoms with Gasteiger partial charge in [0.05, 0.1) is 12.4 Å². The molecule has 124 valence electrons. The summed E-state index contributed by atoms with van der Waals surface area (Å²) in [6, 6.07) is 0. The minimum Gasteiger partial charge on any atom is -0.368 e. The minimum atomic E-state index is -5.24. The lowest BCUT2D eigenvalue weighted by Crippen LogP contribution is -2.45. The molecule has 1 aromatic rings. The van der Waals surface area contributed by atoms with Crippen molar-refractivity contribution in [2.45, 2.75) is 18.3 Å². The normalized spacial score (nSPS) is 18.4. The molecule has 1 aromatic heterocycles. The van der Waals surface area contributed by atoms with E-state index in [1.54, 1.807) is 0 Å². The molecule has 1 fully saturated rings. The van der Waals surface area contributed by atoms with Crippen LogP contribution >= 0.6 is 11.6 Å². The van der Waals surface area contributed by atoms with E-state index in [0.29, 0.717) is 29.5 Å². The van der Waals surface area contributed by atoms with Gasteiger partial charge in [0.25, 0.3) is 0 Å². The summed E-state index contributed by atoms with van der Waals surface area (Å²) in [7, 11) is -5.22. The molecule has 11 heteroatoms. The summed E-state index contributed by atoms with van der Waals surface area (Å²) >= 11 is 5.68. The minimum absolute atomic E-state index is 0.0560. The first-order chi connectivity index (χ1) is 10.2. The maximum Gasteiger partial charge on any atom is 0.511 e. The first-order valence-electron chi connectivity index (χ1n) is 6.48. The largest absolute Gasteiger partial charge is 0.511 e. The zero-order chi connectivity index (χ0) is 16.4.